The van der Waals surface area contributed by atoms with Gasteiger partial charge in [-0.15, -0.1) is 0 Å². The number of halogens is 2. The van der Waals surface area contributed by atoms with Gasteiger partial charge in [0, 0.05) is 11.6 Å². The van der Waals surface area contributed by atoms with Gasteiger partial charge < -0.3 is 9.84 Å². The van der Waals surface area contributed by atoms with E-state index in [0.29, 0.717) is 0 Å². The first-order valence-electron chi connectivity index (χ1n) is 5.25. The predicted molar refractivity (Wildman–Crippen MR) is 55.4 cm³/mol. The van der Waals surface area contributed by atoms with Crippen molar-refractivity contribution in [2.75, 3.05) is 6.61 Å². The maximum atomic E-state index is 13.6. The highest BCUT2D eigenvalue weighted by Crippen LogP contribution is 2.39. The van der Waals surface area contributed by atoms with Gasteiger partial charge >= 0.3 is 5.97 Å². The predicted octanol–water partition coefficient (Wildman–Crippen LogP) is 2.30. The molecule has 0 saturated carbocycles. The Labute approximate surface area is 97.0 Å². The van der Waals surface area contributed by atoms with E-state index >= 15 is 0 Å². The van der Waals surface area contributed by atoms with Crippen LogP contribution >= 0.6 is 0 Å². The number of benzene rings is 1. The van der Waals surface area contributed by atoms with Crippen molar-refractivity contribution in [1.29, 1.82) is 0 Å². The zero-order valence-electron chi connectivity index (χ0n) is 9.24. The van der Waals surface area contributed by atoms with Gasteiger partial charge in [-0.25, -0.2) is 8.78 Å². The molecule has 5 heteroatoms. The molecule has 0 spiro atoms. The van der Waals surface area contributed by atoms with Crippen LogP contribution in [-0.4, -0.2) is 17.7 Å². The Kier molecular flexibility index (Phi) is 2.87. The van der Waals surface area contributed by atoms with Crippen molar-refractivity contribution in [2.24, 2.45) is 5.92 Å². The van der Waals surface area contributed by atoms with Gasteiger partial charge in [0.1, 0.15) is 11.6 Å². The van der Waals surface area contributed by atoms with Gasteiger partial charge in [0.25, 0.3) is 0 Å². The largest absolute Gasteiger partial charge is 0.481 e. The number of carboxylic acid groups (broad SMARTS) is 1. The summed E-state index contributed by atoms with van der Waals surface area (Å²) in [6, 6.07) is 3.22. The van der Waals surface area contributed by atoms with E-state index in [-0.39, 0.29) is 18.6 Å². The van der Waals surface area contributed by atoms with Crippen LogP contribution in [0, 0.1) is 17.6 Å². The van der Waals surface area contributed by atoms with Crippen molar-refractivity contribution in [2.45, 2.75) is 18.9 Å². The smallest absolute Gasteiger partial charge is 0.308 e. The van der Waals surface area contributed by atoms with Gasteiger partial charge in [-0.05, 0) is 19.4 Å². The molecule has 2 rings (SSSR count). The quantitative estimate of drug-likeness (QED) is 0.865. The van der Waals surface area contributed by atoms with Crippen LogP contribution < -0.4 is 0 Å². The molecule has 1 heterocycles. The average molecular weight is 242 g/mol. The number of rotatable bonds is 2. The second kappa shape index (κ2) is 4.07. The van der Waals surface area contributed by atoms with E-state index in [1.165, 1.54) is 6.07 Å². The molecule has 1 saturated heterocycles. The second-order valence-electron chi connectivity index (χ2n) is 4.41. The lowest BCUT2D eigenvalue weighted by molar-refractivity contribution is -0.141. The number of hydrogen-bond donors (Lipinski definition) is 1. The van der Waals surface area contributed by atoms with Crippen LogP contribution in [0.4, 0.5) is 8.78 Å². The highest BCUT2D eigenvalue weighted by molar-refractivity contribution is 5.70. The molecule has 0 radical (unpaired) electrons. The first-order valence-corrected chi connectivity index (χ1v) is 5.25. The molecule has 17 heavy (non-hydrogen) atoms. The van der Waals surface area contributed by atoms with Gasteiger partial charge in [-0.3, -0.25) is 4.79 Å². The van der Waals surface area contributed by atoms with Crippen LogP contribution in [0.15, 0.2) is 18.2 Å². The number of carboxylic acids is 1. The Morgan fingerprint density at radius 2 is 2.24 bits per heavy atom. The maximum Gasteiger partial charge on any atom is 0.308 e. The van der Waals surface area contributed by atoms with Crippen molar-refractivity contribution in [3.63, 3.8) is 0 Å². The van der Waals surface area contributed by atoms with Crippen molar-refractivity contribution in [3.05, 3.63) is 35.4 Å². The summed E-state index contributed by atoms with van der Waals surface area (Å²) in [6.45, 7) is 1.66. The van der Waals surface area contributed by atoms with Crippen LogP contribution in [0.1, 0.15) is 18.9 Å². The average Bonchev–Trinajstić information content (AvgIpc) is 2.61. The minimum atomic E-state index is -0.999. The fraction of sp³-hybridized carbons (Fsp3) is 0.417. The Balaban J connectivity index is 2.31. The Bertz CT molecular complexity index is 461. The van der Waals surface area contributed by atoms with Crippen LogP contribution in [0.3, 0.4) is 0 Å². The maximum absolute atomic E-state index is 13.6. The van der Waals surface area contributed by atoms with Gasteiger partial charge in [0.2, 0.25) is 0 Å². The number of hydrogen-bond acceptors (Lipinski definition) is 2. The molecule has 0 amide bonds. The molecule has 1 aliphatic heterocycles. The van der Waals surface area contributed by atoms with Crippen LogP contribution in [-0.2, 0) is 15.1 Å². The monoisotopic (exact) mass is 242 g/mol. The van der Waals surface area contributed by atoms with Crippen molar-refractivity contribution in [1.82, 2.24) is 0 Å². The zero-order valence-corrected chi connectivity index (χ0v) is 9.24. The molecular formula is C12H12F2O3. The molecule has 3 nitrogen and oxygen atoms in total. The summed E-state index contributed by atoms with van der Waals surface area (Å²) in [5, 5.41) is 8.87. The molecule has 1 fully saturated rings. The lowest BCUT2D eigenvalue weighted by atomic mass is 9.88. The van der Waals surface area contributed by atoms with E-state index in [2.05, 4.69) is 0 Å². The normalized spacial score (nSPS) is 28.3. The Morgan fingerprint density at radius 1 is 1.53 bits per heavy atom. The Morgan fingerprint density at radius 3 is 2.76 bits per heavy atom. The highest BCUT2D eigenvalue weighted by Gasteiger charge is 2.42. The second-order valence-corrected chi connectivity index (χ2v) is 4.41. The summed E-state index contributed by atoms with van der Waals surface area (Å²) in [5.74, 6) is -2.98. The molecule has 92 valence electrons. The fourth-order valence-electron chi connectivity index (χ4n) is 2.14. The number of ether oxygens (including phenoxy) is 1. The van der Waals surface area contributed by atoms with Gasteiger partial charge in [-0.2, -0.15) is 0 Å². The molecule has 1 aliphatic rings. The molecule has 0 aliphatic carbocycles. The summed E-state index contributed by atoms with van der Waals surface area (Å²) >= 11 is 0. The molecule has 1 N–H and O–H groups in total. The van der Waals surface area contributed by atoms with E-state index in [1.807, 2.05) is 0 Å². The minimum Gasteiger partial charge on any atom is -0.481 e. The standard InChI is InChI=1S/C12H12F2O3/c1-12(5-7(6-17-12)11(15)16)9-3-2-8(13)4-10(9)14/h2-4,7H,5-6H2,1H3,(H,15,16)/t7?,12-/m1/s1. The van der Waals surface area contributed by atoms with E-state index in [1.54, 1.807) is 6.92 Å². The molecule has 1 unspecified atom stereocenters. The van der Waals surface area contributed by atoms with Gasteiger partial charge in [-0.1, -0.05) is 6.07 Å². The van der Waals surface area contributed by atoms with Crippen LogP contribution in [0.5, 0.6) is 0 Å². The molecule has 1 aromatic rings. The molecule has 0 aromatic heterocycles. The fourth-order valence-corrected chi connectivity index (χ4v) is 2.14. The topological polar surface area (TPSA) is 46.5 Å². The summed E-state index contributed by atoms with van der Waals surface area (Å²) in [5.41, 5.74) is -0.802. The third kappa shape index (κ3) is 2.15. The summed E-state index contributed by atoms with van der Waals surface area (Å²) < 4.78 is 31.8. The third-order valence-corrected chi connectivity index (χ3v) is 3.09. The minimum absolute atomic E-state index is 0.0443. The number of carbonyl (C=O) groups is 1. The SMILES string of the molecule is C[C@]1(c2ccc(F)cc2F)CC(C(=O)O)CO1. The van der Waals surface area contributed by atoms with Crippen molar-refractivity contribution < 1.29 is 23.4 Å². The molecule has 0 bridgehead atoms. The summed E-state index contributed by atoms with van der Waals surface area (Å²) in [6.07, 6.45) is 0.185. The van der Waals surface area contributed by atoms with Crippen molar-refractivity contribution >= 4 is 5.97 Å². The summed E-state index contributed by atoms with van der Waals surface area (Å²) in [7, 11) is 0. The lowest BCUT2D eigenvalue weighted by Gasteiger charge is -2.24. The lowest BCUT2D eigenvalue weighted by Crippen LogP contribution is -2.23. The molecular weight excluding hydrogens is 230 g/mol. The first kappa shape index (κ1) is 12.0. The first-order chi connectivity index (χ1) is 7.92. The van der Waals surface area contributed by atoms with E-state index < -0.39 is 29.1 Å². The number of aliphatic carboxylic acids is 1. The third-order valence-electron chi connectivity index (χ3n) is 3.09. The zero-order chi connectivity index (χ0) is 12.6. The van der Waals surface area contributed by atoms with E-state index in [4.69, 9.17) is 9.84 Å². The van der Waals surface area contributed by atoms with Crippen LogP contribution in [0.25, 0.3) is 0 Å². The Hall–Kier alpha value is -1.49. The highest BCUT2D eigenvalue weighted by atomic mass is 19.1. The summed E-state index contributed by atoms with van der Waals surface area (Å²) in [4.78, 5) is 10.8. The van der Waals surface area contributed by atoms with Gasteiger partial charge in [0.05, 0.1) is 18.1 Å². The molecule has 1 aromatic carbocycles. The van der Waals surface area contributed by atoms with Gasteiger partial charge in [0.15, 0.2) is 0 Å². The van der Waals surface area contributed by atoms with E-state index in [9.17, 15) is 13.6 Å². The molecule has 2 atom stereocenters. The van der Waals surface area contributed by atoms with E-state index in [0.717, 1.165) is 12.1 Å². The van der Waals surface area contributed by atoms with Crippen LogP contribution in [0.2, 0.25) is 0 Å². The van der Waals surface area contributed by atoms with Crippen molar-refractivity contribution in [3.8, 4) is 0 Å².